The molecule has 4 N–H and O–H groups in total. The number of nitrogens with two attached hydrogens (primary N) is 1. The number of piperidine rings is 1. The summed E-state index contributed by atoms with van der Waals surface area (Å²) in [6.07, 6.45) is 4.88. The monoisotopic (exact) mass is 270 g/mol. The van der Waals surface area contributed by atoms with E-state index in [1.54, 1.807) is 0 Å². The fraction of sp³-hybridized carbons (Fsp3) is 0.429. The van der Waals surface area contributed by atoms with Crippen LogP contribution in [0.5, 0.6) is 0 Å². The van der Waals surface area contributed by atoms with E-state index in [2.05, 4.69) is 32.0 Å². The molecule has 2 atom stereocenters. The van der Waals surface area contributed by atoms with Crippen molar-refractivity contribution in [3.8, 4) is 0 Å². The first-order chi connectivity index (χ1) is 9.75. The van der Waals surface area contributed by atoms with Crippen molar-refractivity contribution >= 4 is 27.8 Å². The molecule has 0 bridgehead atoms. The summed E-state index contributed by atoms with van der Waals surface area (Å²) in [5, 5.41) is 10.1. The maximum Gasteiger partial charge on any atom is 0.154 e. The third kappa shape index (κ3) is 1.54. The van der Waals surface area contributed by atoms with E-state index < -0.39 is 0 Å². The number of nitrogen functional groups attached to an aromatic ring is 1. The smallest absolute Gasteiger partial charge is 0.154 e. The van der Waals surface area contributed by atoms with Crippen molar-refractivity contribution in [2.24, 2.45) is 5.92 Å². The van der Waals surface area contributed by atoms with Crippen LogP contribution in [0.15, 0.2) is 18.5 Å². The van der Waals surface area contributed by atoms with Crippen LogP contribution in [0.1, 0.15) is 19.4 Å². The van der Waals surface area contributed by atoms with Gasteiger partial charge < -0.3 is 16.0 Å². The van der Waals surface area contributed by atoms with Gasteiger partial charge in [-0.2, -0.15) is 5.10 Å². The number of aromatic nitrogens is 4. The highest BCUT2D eigenvalue weighted by Crippen LogP contribution is 2.32. The van der Waals surface area contributed by atoms with Gasteiger partial charge in [-0.15, -0.1) is 0 Å². The second-order valence-corrected chi connectivity index (χ2v) is 5.63. The first kappa shape index (κ1) is 11.7. The maximum absolute atomic E-state index is 6.09. The quantitative estimate of drug-likeness (QED) is 0.628. The lowest BCUT2D eigenvalue weighted by Gasteiger charge is -2.30. The van der Waals surface area contributed by atoms with Gasteiger partial charge in [0.05, 0.1) is 16.9 Å². The molecule has 0 spiro atoms. The molecule has 4 heterocycles. The Hall–Kier alpha value is -2.08. The number of hydrogen-bond donors (Lipinski definition) is 3. The normalized spacial score (nSPS) is 23.6. The average Bonchev–Trinajstić information content (AvgIpc) is 3.04. The maximum atomic E-state index is 6.09. The SMILES string of the molecule is C[C@@H]1CCNC[C@@H]1n1nc(N)c2cnc3[nH]ccc3c21. The standard InChI is InChI=1S/C14H18N6/c1-8-2-4-16-7-11(8)20-12-9-3-5-17-14(9)18-6-10(12)13(15)19-20/h3,5-6,8,11,16H,2,4,7H2,1H3,(H2,15,19)(H,17,18)/t8-,11+/m1/s1. The summed E-state index contributed by atoms with van der Waals surface area (Å²) in [6.45, 7) is 4.30. The van der Waals surface area contributed by atoms with Crippen LogP contribution < -0.4 is 11.1 Å². The van der Waals surface area contributed by atoms with Gasteiger partial charge in [0.15, 0.2) is 5.82 Å². The Morgan fingerprint density at radius 3 is 3.15 bits per heavy atom. The molecule has 104 valence electrons. The third-order valence-electron chi connectivity index (χ3n) is 4.38. The van der Waals surface area contributed by atoms with E-state index in [4.69, 9.17) is 5.73 Å². The molecular formula is C14H18N6. The van der Waals surface area contributed by atoms with Gasteiger partial charge in [0.2, 0.25) is 0 Å². The minimum absolute atomic E-state index is 0.337. The van der Waals surface area contributed by atoms with Crippen molar-refractivity contribution in [2.45, 2.75) is 19.4 Å². The van der Waals surface area contributed by atoms with Crippen LogP contribution in [0, 0.1) is 5.92 Å². The van der Waals surface area contributed by atoms with Crippen LogP contribution in [-0.4, -0.2) is 32.8 Å². The molecule has 1 aliphatic rings. The number of hydrogen-bond acceptors (Lipinski definition) is 4. The van der Waals surface area contributed by atoms with Crippen LogP contribution >= 0.6 is 0 Å². The van der Waals surface area contributed by atoms with Crippen LogP contribution in [0.2, 0.25) is 0 Å². The largest absolute Gasteiger partial charge is 0.382 e. The van der Waals surface area contributed by atoms with Crippen molar-refractivity contribution in [1.82, 2.24) is 25.1 Å². The predicted octanol–water partition coefficient (Wildman–Crippen LogP) is 1.67. The summed E-state index contributed by atoms with van der Waals surface area (Å²) in [5.41, 5.74) is 8.06. The van der Waals surface area contributed by atoms with Gasteiger partial charge in [-0.3, -0.25) is 4.68 Å². The molecule has 1 saturated heterocycles. The lowest BCUT2D eigenvalue weighted by molar-refractivity contribution is 0.263. The molecule has 6 heteroatoms. The molecular weight excluding hydrogens is 252 g/mol. The average molecular weight is 270 g/mol. The number of nitrogens with one attached hydrogen (secondary N) is 2. The molecule has 4 rings (SSSR count). The number of fused-ring (bicyclic) bond motifs is 3. The Morgan fingerprint density at radius 1 is 1.40 bits per heavy atom. The molecule has 0 radical (unpaired) electrons. The van der Waals surface area contributed by atoms with E-state index >= 15 is 0 Å². The Morgan fingerprint density at radius 2 is 2.30 bits per heavy atom. The molecule has 1 aliphatic heterocycles. The molecule has 0 amide bonds. The first-order valence-electron chi connectivity index (χ1n) is 7.06. The molecule has 0 aromatic carbocycles. The van der Waals surface area contributed by atoms with Gasteiger partial charge in [-0.05, 0) is 24.9 Å². The van der Waals surface area contributed by atoms with Gasteiger partial charge in [0.25, 0.3) is 0 Å². The number of H-pyrrole nitrogens is 1. The summed E-state index contributed by atoms with van der Waals surface area (Å²) in [6, 6.07) is 2.38. The van der Waals surface area contributed by atoms with Gasteiger partial charge in [0.1, 0.15) is 5.65 Å². The van der Waals surface area contributed by atoms with Crippen LogP contribution in [-0.2, 0) is 0 Å². The Bertz CT molecular complexity index is 771. The highest BCUT2D eigenvalue weighted by atomic mass is 15.3. The Labute approximate surface area is 116 Å². The summed E-state index contributed by atoms with van der Waals surface area (Å²) < 4.78 is 2.10. The third-order valence-corrected chi connectivity index (χ3v) is 4.38. The Kier molecular flexibility index (Phi) is 2.47. The molecule has 6 nitrogen and oxygen atoms in total. The van der Waals surface area contributed by atoms with Crippen LogP contribution in [0.25, 0.3) is 21.9 Å². The van der Waals surface area contributed by atoms with E-state index in [0.717, 1.165) is 41.4 Å². The number of aromatic amines is 1. The zero-order valence-electron chi connectivity index (χ0n) is 11.4. The van der Waals surface area contributed by atoms with Crippen molar-refractivity contribution in [3.05, 3.63) is 18.5 Å². The predicted molar refractivity (Wildman–Crippen MR) is 79.5 cm³/mol. The van der Waals surface area contributed by atoms with Gasteiger partial charge in [-0.1, -0.05) is 6.92 Å². The molecule has 3 aromatic rings. The highest BCUT2D eigenvalue weighted by molar-refractivity contribution is 6.06. The summed E-state index contributed by atoms with van der Waals surface area (Å²) in [5.74, 6) is 1.15. The zero-order valence-corrected chi connectivity index (χ0v) is 11.4. The second-order valence-electron chi connectivity index (χ2n) is 5.63. The summed E-state index contributed by atoms with van der Waals surface area (Å²) in [7, 11) is 0. The Balaban J connectivity index is 2.00. The van der Waals surface area contributed by atoms with Gasteiger partial charge >= 0.3 is 0 Å². The minimum Gasteiger partial charge on any atom is -0.382 e. The number of rotatable bonds is 1. The summed E-state index contributed by atoms with van der Waals surface area (Å²) in [4.78, 5) is 7.56. The van der Waals surface area contributed by atoms with Crippen molar-refractivity contribution in [3.63, 3.8) is 0 Å². The van der Waals surface area contributed by atoms with Crippen molar-refractivity contribution in [1.29, 1.82) is 0 Å². The van der Waals surface area contributed by atoms with E-state index in [1.807, 2.05) is 18.5 Å². The molecule has 0 aliphatic carbocycles. The molecule has 20 heavy (non-hydrogen) atoms. The van der Waals surface area contributed by atoms with Gasteiger partial charge in [0, 0.05) is 24.3 Å². The summed E-state index contributed by atoms with van der Waals surface area (Å²) >= 11 is 0. The van der Waals surface area contributed by atoms with Crippen LogP contribution in [0.3, 0.4) is 0 Å². The second kappa shape index (κ2) is 4.21. The lowest BCUT2D eigenvalue weighted by Crippen LogP contribution is -2.37. The molecule has 1 fully saturated rings. The van der Waals surface area contributed by atoms with E-state index in [1.165, 1.54) is 0 Å². The zero-order chi connectivity index (χ0) is 13.7. The van der Waals surface area contributed by atoms with Crippen LogP contribution in [0.4, 0.5) is 5.82 Å². The number of anilines is 1. The highest BCUT2D eigenvalue weighted by Gasteiger charge is 2.26. The van der Waals surface area contributed by atoms with Crippen molar-refractivity contribution < 1.29 is 0 Å². The fourth-order valence-corrected chi connectivity index (χ4v) is 3.19. The number of pyridine rings is 1. The fourth-order valence-electron chi connectivity index (χ4n) is 3.19. The van der Waals surface area contributed by atoms with E-state index in [0.29, 0.717) is 17.8 Å². The first-order valence-corrected chi connectivity index (χ1v) is 7.06. The van der Waals surface area contributed by atoms with E-state index in [9.17, 15) is 0 Å². The van der Waals surface area contributed by atoms with E-state index in [-0.39, 0.29) is 0 Å². The lowest BCUT2D eigenvalue weighted by atomic mass is 9.95. The minimum atomic E-state index is 0.337. The number of nitrogens with zero attached hydrogens (tertiary/aromatic N) is 3. The molecule has 3 aromatic heterocycles. The molecule has 0 unspecified atom stereocenters. The molecule has 0 saturated carbocycles. The van der Waals surface area contributed by atoms with Gasteiger partial charge in [-0.25, -0.2) is 4.98 Å². The van der Waals surface area contributed by atoms with Crippen molar-refractivity contribution in [2.75, 3.05) is 18.8 Å². The topological polar surface area (TPSA) is 84.6 Å².